The molecule has 0 N–H and O–H groups in total. The molecule has 62 valence electrons. The Balaban J connectivity index is 4.34. The lowest BCUT2D eigenvalue weighted by Crippen LogP contribution is -2.13. The summed E-state index contributed by atoms with van der Waals surface area (Å²) >= 11 is 0. The highest BCUT2D eigenvalue weighted by Crippen LogP contribution is 2.04. The molecule has 0 rings (SSSR count). The molecule has 0 unspecified atom stereocenters. The number of likely N-dealkylation sites (N-methyl/N-ethyl adjacent to an activating group) is 1. The summed E-state index contributed by atoms with van der Waals surface area (Å²) in [4.78, 5) is 2.15. The average Bonchev–Trinajstić information content (AvgIpc) is 2.05. The second-order valence-corrected chi connectivity index (χ2v) is 2.19. The van der Waals surface area contributed by atoms with E-state index >= 15 is 0 Å². The molecule has 0 aromatic rings. The smallest absolute Gasteiger partial charge is 0.0356 e. The van der Waals surface area contributed by atoms with Crippen LogP contribution in [0.2, 0.25) is 0 Å². The minimum absolute atomic E-state index is 0.982. The molecule has 1 nitrogen and oxygen atoms in total. The lowest BCUT2D eigenvalue weighted by molar-refractivity contribution is 0.505. The van der Waals surface area contributed by atoms with Gasteiger partial charge in [0.1, 0.15) is 0 Å². The summed E-state index contributed by atoms with van der Waals surface area (Å²) in [6.45, 7) is 10.9. The third kappa shape index (κ3) is 3.08. The molecule has 1 heteroatoms. The molecule has 0 aliphatic carbocycles. The quantitative estimate of drug-likeness (QED) is 0.558. The Labute approximate surface area is 69.7 Å². The number of hydrogen-bond donors (Lipinski definition) is 0. The maximum Gasteiger partial charge on any atom is 0.0356 e. The first kappa shape index (κ1) is 10.0. The molecule has 0 aliphatic rings. The molecule has 0 bridgehead atoms. The van der Waals surface area contributed by atoms with E-state index in [0.29, 0.717) is 0 Å². The lowest BCUT2D eigenvalue weighted by atomic mass is 10.3. The maximum absolute atomic E-state index is 3.74. The highest BCUT2D eigenvalue weighted by molar-refractivity contribution is 5.16. The van der Waals surface area contributed by atoms with Crippen molar-refractivity contribution in [3.05, 3.63) is 36.7 Å². The first-order valence-corrected chi connectivity index (χ1v) is 3.98. The van der Waals surface area contributed by atoms with Gasteiger partial charge in [0.2, 0.25) is 0 Å². The van der Waals surface area contributed by atoms with Gasteiger partial charge in [0.25, 0.3) is 0 Å². The summed E-state index contributed by atoms with van der Waals surface area (Å²) in [6, 6.07) is 0. The highest BCUT2D eigenvalue weighted by Gasteiger charge is 1.96. The Morgan fingerprint density at radius 2 is 2.09 bits per heavy atom. The Hall–Kier alpha value is -0.980. The zero-order valence-electron chi connectivity index (χ0n) is 7.67. The van der Waals surface area contributed by atoms with Gasteiger partial charge in [0.05, 0.1) is 0 Å². The van der Waals surface area contributed by atoms with E-state index in [1.165, 1.54) is 0 Å². The maximum atomic E-state index is 3.74. The van der Waals surface area contributed by atoms with Crippen LogP contribution in [0.25, 0.3) is 0 Å². The molecule has 0 aromatic heterocycles. The summed E-state index contributed by atoms with van der Waals surface area (Å²) in [5, 5.41) is 0. The fourth-order valence-electron chi connectivity index (χ4n) is 0.955. The Morgan fingerprint density at radius 1 is 1.45 bits per heavy atom. The van der Waals surface area contributed by atoms with Crippen LogP contribution in [0.1, 0.15) is 20.8 Å². The minimum Gasteiger partial charge on any atom is -0.349 e. The van der Waals surface area contributed by atoms with Gasteiger partial charge in [0, 0.05) is 12.2 Å². The molecule has 0 fully saturated rings. The number of allylic oxidation sites excluding steroid dienone is 3. The number of nitrogens with zero attached hydrogens (tertiary/aromatic N) is 1. The standard InChI is InChI=1S/C10H17N/c1-5-9-11(8-4)10(6-2)7-3/h5-7,9H,2,8H2,1,3-4H3/b9-5-,10-7-. The van der Waals surface area contributed by atoms with Crippen molar-refractivity contribution in [3.63, 3.8) is 0 Å². The van der Waals surface area contributed by atoms with E-state index in [1.807, 2.05) is 26.0 Å². The monoisotopic (exact) mass is 151 g/mol. The van der Waals surface area contributed by atoms with E-state index in [0.717, 1.165) is 12.2 Å². The predicted molar refractivity (Wildman–Crippen MR) is 51.1 cm³/mol. The molecule has 11 heavy (non-hydrogen) atoms. The van der Waals surface area contributed by atoms with Crippen LogP contribution < -0.4 is 0 Å². The third-order valence-corrected chi connectivity index (χ3v) is 1.51. The van der Waals surface area contributed by atoms with Crippen LogP contribution in [0.5, 0.6) is 0 Å². The largest absolute Gasteiger partial charge is 0.349 e. The number of rotatable bonds is 4. The van der Waals surface area contributed by atoms with Crippen molar-refractivity contribution in [1.29, 1.82) is 0 Å². The highest BCUT2D eigenvalue weighted by atomic mass is 15.1. The van der Waals surface area contributed by atoms with Crippen molar-refractivity contribution < 1.29 is 0 Å². The summed E-state index contributed by atoms with van der Waals surface area (Å²) in [5.41, 5.74) is 1.16. The van der Waals surface area contributed by atoms with Crippen molar-refractivity contribution in [2.45, 2.75) is 20.8 Å². The minimum atomic E-state index is 0.982. The SMILES string of the molecule is C=C/C(=C/C)N(/C=C\C)CC. The molecular weight excluding hydrogens is 134 g/mol. The van der Waals surface area contributed by atoms with E-state index < -0.39 is 0 Å². The van der Waals surface area contributed by atoms with Crippen molar-refractivity contribution in [3.8, 4) is 0 Å². The molecule has 0 saturated heterocycles. The molecule has 0 amide bonds. The molecule has 0 spiro atoms. The average molecular weight is 151 g/mol. The number of hydrogen-bond acceptors (Lipinski definition) is 1. The normalized spacial score (nSPS) is 12.1. The van der Waals surface area contributed by atoms with E-state index in [4.69, 9.17) is 0 Å². The van der Waals surface area contributed by atoms with Gasteiger partial charge < -0.3 is 4.90 Å². The molecule has 0 aromatic carbocycles. The summed E-state index contributed by atoms with van der Waals surface area (Å²) in [6.07, 6.45) is 7.99. The van der Waals surface area contributed by atoms with Gasteiger partial charge in [-0.1, -0.05) is 18.7 Å². The first-order valence-electron chi connectivity index (χ1n) is 3.98. The first-order chi connectivity index (χ1) is 5.29. The molecule has 0 heterocycles. The summed E-state index contributed by atoms with van der Waals surface area (Å²) in [5.74, 6) is 0. The Morgan fingerprint density at radius 3 is 2.36 bits per heavy atom. The van der Waals surface area contributed by atoms with Crippen molar-refractivity contribution in [2.75, 3.05) is 6.54 Å². The van der Waals surface area contributed by atoms with Gasteiger partial charge in [0.15, 0.2) is 0 Å². The van der Waals surface area contributed by atoms with Crippen LogP contribution in [0, 0.1) is 0 Å². The zero-order valence-corrected chi connectivity index (χ0v) is 7.67. The predicted octanol–water partition coefficient (Wildman–Crippen LogP) is 2.93. The fourth-order valence-corrected chi connectivity index (χ4v) is 0.955. The second kappa shape index (κ2) is 5.78. The van der Waals surface area contributed by atoms with Gasteiger partial charge in [-0.25, -0.2) is 0 Å². The second-order valence-electron chi connectivity index (χ2n) is 2.19. The van der Waals surface area contributed by atoms with E-state index in [2.05, 4.69) is 30.7 Å². The van der Waals surface area contributed by atoms with Crippen LogP contribution >= 0.6 is 0 Å². The van der Waals surface area contributed by atoms with Crippen LogP contribution in [0.3, 0.4) is 0 Å². The Kier molecular flexibility index (Phi) is 5.26. The Bertz CT molecular complexity index is 166. The van der Waals surface area contributed by atoms with Crippen molar-refractivity contribution in [1.82, 2.24) is 4.90 Å². The van der Waals surface area contributed by atoms with Crippen LogP contribution in [0.15, 0.2) is 36.7 Å². The van der Waals surface area contributed by atoms with Crippen LogP contribution in [-0.4, -0.2) is 11.4 Å². The van der Waals surface area contributed by atoms with Gasteiger partial charge in [-0.2, -0.15) is 0 Å². The van der Waals surface area contributed by atoms with Gasteiger partial charge >= 0.3 is 0 Å². The van der Waals surface area contributed by atoms with Crippen LogP contribution in [0.4, 0.5) is 0 Å². The molecule has 0 atom stereocenters. The molecular formula is C10H17N. The topological polar surface area (TPSA) is 3.24 Å². The van der Waals surface area contributed by atoms with Crippen molar-refractivity contribution in [2.24, 2.45) is 0 Å². The van der Waals surface area contributed by atoms with Gasteiger partial charge in [-0.05, 0) is 33.0 Å². The fraction of sp³-hybridized carbons (Fsp3) is 0.400. The van der Waals surface area contributed by atoms with E-state index in [1.54, 1.807) is 0 Å². The third-order valence-electron chi connectivity index (χ3n) is 1.51. The van der Waals surface area contributed by atoms with E-state index in [9.17, 15) is 0 Å². The van der Waals surface area contributed by atoms with E-state index in [-0.39, 0.29) is 0 Å². The molecule has 0 saturated carbocycles. The van der Waals surface area contributed by atoms with Gasteiger partial charge in [-0.3, -0.25) is 0 Å². The van der Waals surface area contributed by atoms with Gasteiger partial charge in [-0.15, -0.1) is 0 Å². The van der Waals surface area contributed by atoms with Crippen molar-refractivity contribution >= 4 is 0 Å². The molecule has 0 radical (unpaired) electrons. The van der Waals surface area contributed by atoms with Crippen LogP contribution in [-0.2, 0) is 0 Å². The molecule has 0 aliphatic heterocycles. The lowest BCUT2D eigenvalue weighted by Gasteiger charge is -2.18. The summed E-state index contributed by atoms with van der Waals surface area (Å²) in [7, 11) is 0. The summed E-state index contributed by atoms with van der Waals surface area (Å²) < 4.78 is 0. The zero-order chi connectivity index (χ0) is 8.69.